The van der Waals surface area contributed by atoms with Gasteiger partial charge in [0.2, 0.25) is 5.91 Å². The van der Waals surface area contributed by atoms with E-state index in [4.69, 9.17) is 11.6 Å². The number of benzene rings is 3. The summed E-state index contributed by atoms with van der Waals surface area (Å²) < 4.78 is 0. The molecule has 152 valence electrons. The van der Waals surface area contributed by atoms with Gasteiger partial charge in [0, 0.05) is 41.0 Å². The van der Waals surface area contributed by atoms with E-state index in [-0.39, 0.29) is 11.8 Å². The summed E-state index contributed by atoms with van der Waals surface area (Å²) in [5, 5.41) is 4.93. The monoisotopic (exact) mass is 416 g/mol. The van der Waals surface area contributed by atoms with Crippen molar-refractivity contribution >= 4 is 28.4 Å². The Hall–Kier alpha value is -3.04. The zero-order valence-corrected chi connectivity index (χ0v) is 17.7. The van der Waals surface area contributed by atoms with Crippen LogP contribution in [0.1, 0.15) is 41.5 Å². The van der Waals surface area contributed by atoms with Crippen molar-refractivity contribution in [1.29, 1.82) is 0 Å². The van der Waals surface area contributed by atoms with Gasteiger partial charge < -0.3 is 10.3 Å². The lowest BCUT2D eigenvalue weighted by Crippen LogP contribution is -2.25. The van der Waals surface area contributed by atoms with Crippen LogP contribution in [-0.4, -0.2) is 10.9 Å². The zero-order valence-electron chi connectivity index (χ0n) is 17.0. The van der Waals surface area contributed by atoms with Crippen molar-refractivity contribution in [3.8, 4) is 0 Å². The minimum Gasteiger partial charge on any atom is -0.361 e. The molecule has 0 radical (unpaired) electrons. The zero-order chi connectivity index (χ0) is 20.9. The molecule has 0 fully saturated rings. The molecule has 1 atom stereocenters. The van der Waals surface area contributed by atoms with Gasteiger partial charge >= 0.3 is 0 Å². The third kappa shape index (κ3) is 4.42. The van der Waals surface area contributed by atoms with E-state index in [9.17, 15) is 4.79 Å². The van der Waals surface area contributed by atoms with Gasteiger partial charge in [-0.05, 0) is 40.8 Å². The second-order valence-corrected chi connectivity index (χ2v) is 7.94. The molecule has 4 heteroatoms. The maximum Gasteiger partial charge on any atom is 0.221 e. The Bertz CT molecular complexity index is 1130. The Balaban J connectivity index is 1.64. The van der Waals surface area contributed by atoms with Gasteiger partial charge in [-0.25, -0.2) is 0 Å². The predicted octanol–water partition coefficient (Wildman–Crippen LogP) is 6.22. The van der Waals surface area contributed by atoms with E-state index in [1.54, 1.807) is 0 Å². The molecular formula is C26H25ClN2O. The summed E-state index contributed by atoms with van der Waals surface area (Å²) in [5.74, 6) is -0.0290. The SMILES string of the molecule is CCc1cccc2c(C(CC(=O)NCc3ccccc3)c3ccc(Cl)cc3)c[nH]c12. The maximum atomic E-state index is 12.9. The number of para-hydroxylation sites is 1. The van der Waals surface area contributed by atoms with E-state index in [0.717, 1.165) is 28.6 Å². The van der Waals surface area contributed by atoms with Gasteiger partial charge in [-0.3, -0.25) is 4.79 Å². The molecule has 0 saturated carbocycles. The van der Waals surface area contributed by atoms with Crippen LogP contribution in [0.15, 0.2) is 79.0 Å². The van der Waals surface area contributed by atoms with Crippen LogP contribution < -0.4 is 5.32 Å². The van der Waals surface area contributed by atoms with E-state index in [1.165, 1.54) is 10.9 Å². The Morgan fingerprint density at radius 2 is 1.77 bits per heavy atom. The van der Waals surface area contributed by atoms with E-state index in [0.29, 0.717) is 18.0 Å². The molecule has 3 nitrogen and oxygen atoms in total. The van der Waals surface area contributed by atoms with Crippen molar-refractivity contribution in [3.05, 3.63) is 106 Å². The molecular weight excluding hydrogens is 392 g/mol. The lowest BCUT2D eigenvalue weighted by atomic mass is 9.87. The predicted molar refractivity (Wildman–Crippen MR) is 124 cm³/mol. The highest BCUT2D eigenvalue weighted by Gasteiger charge is 2.22. The Kier molecular flexibility index (Phi) is 6.20. The fourth-order valence-electron chi connectivity index (χ4n) is 3.98. The van der Waals surface area contributed by atoms with Gasteiger partial charge in [-0.15, -0.1) is 0 Å². The minimum atomic E-state index is -0.0566. The molecule has 0 aliphatic rings. The van der Waals surface area contributed by atoms with Crippen molar-refractivity contribution in [2.45, 2.75) is 32.2 Å². The number of aryl methyl sites for hydroxylation is 1. The van der Waals surface area contributed by atoms with E-state index in [2.05, 4.69) is 35.4 Å². The average Bonchev–Trinajstić information content (AvgIpc) is 3.21. The second kappa shape index (κ2) is 9.19. The van der Waals surface area contributed by atoms with Crippen LogP contribution in [0.2, 0.25) is 5.02 Å². The smallest absolute Gasteiger partial charge is 0.221 e. The highest BCUT2D eigenvalue weighted by atomic mass is 35.5. The van der Waals surface area contributed by atoms with Gasteiger partial charge in [0.15, 0.2) is 0 Å². The van der Waals surface area contributed by atoms with Gasteiger partial charge in [0.25, 0.3) is 0 Å². The molecule has 0 spiro atoms. The molecule has 1 heterocycles. The van der Waals surface area contributed by atoms with Crippen LogP contribution in [0.5, 0.6) is 0 Å². The number of H-pyrrole nitrogens is 1. The largest absolute Gasteiger partial charge is 0.361 e. The first-order valence-corrected chi connectivity index (χ1v) is 10.7. The summed E-state index contributed by atoms with van der Waals surface area (Å²) in [7, 11) is 0. The molecule has 0 bridgehead atoms. The fourth-order valence-corrected chi connectivity index (χ4v) is 4.10. The number of aromatic amines is 1. The third-order valence-electron chi connectivity index (χ3n) is 5.58. The fraction of sp³-hybridized carbons (Fsp3) is 0.192. The number of nitrogens with one attached hydrogen (secondary N) is 2. The molecule has 0 saturated heterocycles. The van der Waals surface area contributed by atoms with Crippen molar-refractivity contribution in [2.75, 3.05) is 0 Å². The van der Waals surface area contributed by atoms with Crippen molar-refractivity contribution in [1.82, 2.24) is 10.3 Å². The third-order valence-corrected chi connectivity index (χ3v) is 5.84. The number of rotatable bonds is 7. The molecule has 1 amide bonds. The van der Waals surface area contributed by atoms with Crippen molar-refractivity contribution in [2.24, 2.45) is 0 Å². The minimum absolute atomic E-state index is 0.0276. The number of fused-ring (bicyclic) bond motifs is 1. The first kappa shape index (κ1) is 20.2. The Morgan fingerprint density at radius 3 is 2.50 bits per heavy atom. The molecule has 30 heavy (non-hydrogen) atoms. The number of halogens is 1. The Labute approximate surface area is 182 Å². The van der Waals surface area contributed by atoms with Crippen LogP contribution >= 0.6 is 11.6 Å². The van der Waals surface area contributed by atoms with E-state index in [1.807, 2.05) is 60.8 Å². The quantitative estimate of drug-likeness (QED) is 0.369. The van der Waals surface area contributed by atoms with Crippen LogP contribution in [0.4, 0.5) is 0 Å². The van der Waals surface area contributed by atoms with Crippen LogP contribution in [-0.2, 0) is 17.8 Å². The summed E-state index contributed by atoms with van der Waals surface area (Å²) in [6.07, 6.45) is 3.38. The van der Waals surface area contributed by atoms with Crippen LogP contribution in [0.3, 0.4) is 0 Å². The molecule has 1 aromatic heterocycles. The normalized spacial score (nSPS) is 12.1. The summed E-state index contributed by atoms with van der Waals surface area (Å²) in [6.45, 7) is 2.68. The highest BCUT2D eigenvalue weighted by molar-refractivity contribution is 6.30. The molecule has 2 N–H and O–H groups in total. The maximum absolute atomic E-state index is 12.9. The molecule has 3 aromatic carbocycles. The van der Waals surface area contributed by atoms with Crippen molar-refractivity contribution in [3.63, 3.8) is 0 Å². The molecule has 1 unspecified atom stereocenters. The Morgan fingerprint density at radius 1 is 1.00 bits per heavy atom. The summed E-state index contributed by atoms with van der Waals surface area (Å²) >= 11 is 6.11. The number of aromatic nitrogens is 1. The van der Waals surface area contributed by atoms with Crippen LogP contribution in [0.25, 0.3) is 10.9 Å². The highest BCUT2D eigenvalue weighted by Crippen LogP contribution is 2.35. The topological polar surface area (TPSA) is 44.9 Å². The average molecular weight is 417 g/mol. The number of carbonyl (C=O) groups excluding carboxylic acids is 1. The number of carbonyl (C=O) groups is 1. The summed E-state index contributed by atoms with van der Waals surface area (Å²) in [5.41, 5.74) is 5.74. The van der Waals surface area contributed by atoms with Gasteiger partial charge in [0.1, 0.15) is 0 Å². The number of hydrogen-bond acceptors (Lipinski definition) is 1. The van der Waals surface area contributed by atoms with Gasteiger partial charge in [-0.2, -0.15) is 0 Å². The van der Waals surface area contributed by atoms with Crippen LogP contribution in [0, 0.1) is 0 Å². The van der Waals surface area contributed by atoms with E-state index < -0.39 is 0 Å². The summed E-state index contributed by atoms with van der Waals surface area (Å²) in [6, 6.07) is 24.1. The molecule has 4 aromatic rings. The van der Waals surface area contributed by atoms with E-state index >= 15 is 0 Å². The number of hydrogen-bond donors (Lipinski definition) is 2. The first-order chi connectivity index (χ1) is 14.7. The first-order valence-electron chi connectivity index (χ1n) is 10.3. The van der Waals surface area contributed by atoms with Gasteiger partial charge in [0.05, 0.1) is 0 Å². The summed E-state index contributed by atoms with van der Waals surface area (Å²) in [4.78, 5) is 16.3. The lowest BCUT2D eigenvalue weighted by molar-refractivity contribution is -0.121. The molecule has 4 rings (SSSR count). The second-order valence-electron chi connectivity index (χ2n) is 7.51. The van der Waals surface area contributed by atoms with Gasteiger partial charge in [-0.1, -0.05) is 79.2 Å². The standard InChI is InChI=1S/C26H25ClN2O/c1-2-19-9-6-10-22-24(17-29-26(19)22)23(20-11-13-21(27)14-12-20)15-25(30)28-16-18-7-4-3-5-8-18/h3-14,17,23,29H,2,15-16H2,1H3,(H,28,30). The van der Waals surface area contributed by atoms with Crippen molar-refractivity contribution < 1.29 is 4.79 Å². The molecule has 0 aliphatic heterocycles. The molecule has 0 aliphatic carbocycles. The lowest BCUT2D eigenvalue weighted by Gasteiger charge is -2.18. The number of amides is 1.